The number of hydrogen-bond acceptors (Lipinski definition) is 5. The molecule has 0 spiro atoms. The number of pyridine rings is 1. The SMILES string of the molecule is CC1CCN(CCNS(=O)(=O)c2cccnc2N)CC1. The van der Waals surface area contributed by atoms with E-state index in [-0.39, 0.29) is 10.7 Å². The van der Waals surface area contributed by atoms with Gasteiger partial charge in [0.25, 0.3) is 0 Å². The third-order valence-electron chi connectivity index (χ3n) is 3.69. The summed E-state index contributed by atoms with van der Waals surface area (Å²) in [6.07, 6.45) is 3.84. The summed E-state index contributed by atoms with van der Waals surface area (Å²) in [4.78, 5) is 6.14. The molecule has 1 saturated heterocycles. The van der Waals surface area contributed by atoms with Crippen LogP contribution in [0.4, 0.5) is 5.82 Å². The van der Waals surface area contributed by atoms with Gasteiger partial charge in [0.1, 0.15) is 10.7 Å². The molecule has 0 radical (unpaired) electrons. The minimum Gasteiger partial charge on any atom is -0.383 e. The monoisotopic (exact) mass is 298 g/mol. The number of piperidine rings is 1. The lowest BCUT2D eigenvalue weighted by Crippen LogP contribution is -2.39. The van der Waals surface area contributed by atoms with E-state index < -0.39 is 10.0 Å². The number of nitrogen functional groups attached to an aromatic ring is 1. The lowest BCUT2D eigenvalue weighted by Gasteiger charge is -2.30. The third kappa shape index (κ3) is 3.91. The zero-order valence-corrected chi connectivity index (χ0v) is 12.6. The minimum atomic E-state index is -3.57. The Morgan fingerprint density at radius 3 is 2.80 bits per heavy atom. The zero-order chi connectivity index (χ0) is 14.6. The first-order chi connectivity index (χ1) is 9.49. The number of nitrogens with one attached hydrogen (secondary N) is 1. The fourth-order valence-electron chi connectivity index (χ4n) is 2.33. The van der Waals surface area contributed by atoms with E-state index in [9.17, 15) is 8.42 Å². The highest BCUT2D eigenvalue weighted by Crippen LogP contribution is 2.16. The van der Waals surface area contributed by atoms with Crippen LogP contribution in [-0.4, -0.2) is 44.5 Å². The Hall–Kier alpha value is -1.18. The minimum absolute atomic E-state index is 0.0341. The number of nitrogens with two attached hydrogens (primary N) is 1. The molecule has 1 fully saturated rings. The van der Waals surface area contributed by atoms with Gasteiger partial charge in [-0.25, -0.2) is 18.1 Å². The van der Waals surface area contributed by atoms with E-state index in [0.29, 0.717) is 6.54 Å². The van der Waals surface area contributed by atoms with Crippen LogP contribution in [0.15, 0.2) is 23.2 Å². The molecule has 2 rings (SSSR count). The first-order valence-corrected chi connectivity index (χ1v) is 8.40. The maximum Gasteiger partial charge on any atom is 0.244 e. The van der Waals surface area contributed by atoms with Gasteiger partial charge >= 0.3 is 0 Å². The van der Waals surface area contributed by atoms with Gasteiger partial charge in [-0.2, -0.15) is 0 Å². The zero-order valence-electron chi connectivity index (χ0n) is 11.7. The molecule has 0 amide bonds. The summed E-state index contributed by atoms with van der Waals surface area (Å²) in [5.41, 5.74) is 5.60. The average molecular weight is 298 g/mol. The quantitative estimate of drug-likeness (QED) is 0.834. The Morgan fingerprint density at radius 2 is 2.15 bits per heavy atom. The van der Waals surface area contributed by atoms with Crippen LogP contribution in [0, 0.1) is 5.92 Å². The molecule has 0 bridgehead atoms. The van der Waals surface area contributed by atoms with Gasteiger partial charge in [-0.15, -0.1) is 0 Å². The Bertz CT molecular complexity index is 539. The number of anilines is 1. The molecule has 0 unspecified atom stereocenters. The van der Waals surface area contributed by atoms with Crippen molar-refractivity contribution in [2.24, 2.45) is 5.92 Å². The summed E-state index contributed by atoms with van der Waals surface area (Å²) in [5.74, 6) is 0.810. The molecule has 1 aromatic heterocycles. The average Bonchev–Trinajstić information content (AvgIpc) is 2.41. The highest BCUT2D eigenvalue weighted by Gasteiger charge is 2.19. The van der Waals surface area contributed by atoms with E-state index >= 15 is 0 Å². The van der Waals surface area contributed by atoms with E-state index in [0.717, 1.165) is 25.6 Å². The highest BCUT2D eigenvalue weighted by atomic mass is 32.2. The third-order valence-corrected chi connectivity index (χ3v) is 5.19. The van der Waals surface area contributed by atoms with Crippen LogP contribution >= 0.6 is 0 Å². The summed E-state index contributed by atoms with van der Waals surface area (Å²) in [6.45, 7) is 5.46. The number of nitrogens with zero attached hydrogens (tertiary/aromatic N) is 2. The molecular formula is C13H22N4O2S. The Morgan fingerprint density at radius 1 is 1.45 bits per heavy atom. The number of rotatable bonds is 5. The van der Waals surface area contributed by atoms with E-state index in [2.05, 4.69) is 21.5 Å². The molecule has 0 saturated carbocycles. The van der Waals surface area contributed by atoms with E-state index in [1.54, 1.807) is 6.07 Å². The molecule has 0 atom stereocenters. The van der Waals surface area contributed by atoms with Crippen molar-refractivity contribution in [2.45, 2.75) is 24.7 Å². The molecule has 7 heteroatoms. The fourth-order valence-corrected chi connectivity index (χ4v) is 3.43. The smallest absolute Gasteiger partial charge is 0.244 e. The van der Waals surface area contributed by atoms with Crippen LogP contribution in [-0.2, 0) is 10.0 Å². The number of likely N-dealkylation sites (tertiary alicyclic amines) is 1. The molecule has 6 nitrogen and oxygen atoms in total. The van der Waals surface area contributed by atoms with Gasteiger partial charge in [0.2, 0.25) is 10.0 Å². The number of sulfonamides is 1. The predicted molar refractivity (Wildman–Crippen MR) is 78.7 cm³/mol. The molecule has 2 heterocycles. The van der Waals surface area contributed by atoms with Crippen LogP contribution < -0.4 is 10.5 Å². The van der Waals surface area contributed by atoms with Crippen molar-refractivity contribution in [1.29, 1.82) is 0 Å². The molecule has 3 N–H and O–H groups in total. The van der Waals surface area contributed by atoms with Crippen molar-refractivity contribution >= 4 is 15.8 Å². The first kappa shape index (κ1) is 15.2. The van der Waals surface area contributed by atoms with Crippen molar-refractivity contribution in [3.63, 3.8) is 0 Å². The van der Waals surface area contributed by atoms with Crippen molar-refractivity contribution in [3.05, 3.63) is 18.3 Å². The molecule has 112 valence electrons. The van der Waals surface area contributed by atoms with Crippen LogP contribution in [0.1, 0.15) is 19.8 Å². The molecule has 1 aliphatic heterocycles. The second-order valence-electron chi connectivity index (χ2n) is 5.31. The predicted octanol–water partition coefficient (Wildman–Crippen LogP) is 0.674. The van der Waals surface area contributed by atoms with Gasteiger partial charge in [-0.1, -0.05) is 6.92 Å². The Kier molecular flexibility index (Phi) is 4.95. The lowest BCUT2D eigenvalue weighted by atomic mass is 9.99. The van der Waals surface area contributed by atoms with Crippen molar-refractivity contribution in [2.75, 3.05) is 31.9 Å². The van der Waals surface area contributed by atoms with Crippen LogP contribution in [0.2, 0.25) is 0 Å². The summed E-state index contributed by atoms with van der Waals surface area (Å²) in [5, 5.41) is 0. The maximum atomic E-state index is 12.1. The van der Waals surface area contributed by atoms with Gasteiger partial charge in [-0.05, 0) is 44.0 Å². The highest BCUT2D eigenvalue weighted by molar-refractivity contribution is 7.89. The molecule has 1 aromatic rings. The molecule has 0 aromatic carbocycles. The van der Waals surface area contributed by atoms with Gasteiger partial charge < -0.3 is 10.6 Å². The van der Waals surface area contributed by atoms with Crippen molar-refractivity contribution < 1.29 is 8.42 Å². The van der Waals surface area contributed by atoms with Gasteiger partial charge in [0.05, 0.1) is 0 Å². The van der Waals surface area contributed by atoms with Crippen molar-refractivity contribution in [3.8, 4) is 0 Å². The Labute approximate surface area is 120 Å². The number of hydrogen-bond donors (Lipinski definition) is 2. The largest absolute Gasteiger partial charge is 0.383 e. The lowest BCUT2D eigenvalue weighted by molar-refractivity contribution is 0.195. The summed E-state index contributed by atoms with van der Waals surface area (Å²) in [7, 11) is -3.57. The summed E-state index contributed by atoms with van der Waals surface area (Å²) < 4.78 is 26.8. The second kappa shape index (κ2) is 6.51. The molecule has 20 heavy (non-hydrogen) atoms. The molecule has 0 aliphatic carbocycles. The number of aromatic nitrogens is 1. The first-order valence-electron chi connectivity index (χ1n) is 6.91. The van der Waals surface area contributed by atoms with E-state index in [1.807, 2.05) is 0 Å². The van der Waals surface area contributed by atoms with Gasteiger partial charge in [-0.3, -0.25) is 0 Å². The summed E-state index contributed by atoms with van der Waals surface area (Å²) >= 11 is 0. The van der Waals surface area contributed by atoms with E-state index in [4.69, 9.17) is 5.73 Å². The fraction of sp³-hybridized carbons (Fsp3) is 0.615. The molecular weight excluding hydrogens is 276 g/mol. The van der Waals surface area contributed by atoms with Crippen LogP contribution in [0.3, 0.4) is 0 Å². The van der Waals surface area contributed by atoms with Crippen LogP contribution in [0.25, 0.3) is 0 Å². The second-order valence-corrected chi connectivity index (χ2v) is 7.04. The van der Waals surface area contributed by atoms with E-state index in [1.165, 1.54) is 25.1 Å². The van der Waals surface area contributed by atoms with Gasteiger partial charge in [0, 0.05) is 19.3 Å². The summed E-state index contributed by atoms with van der Waals surface area (Å²) in [6, 6.07) is 3.03. The molecule has 1 aliphatic rings. The normalized spacial score (nSPS) is 18.2. The van der Waals surface area contributed by atoms with Crippen molar-refractivity contribution in [1.82, 2.24) is 14.6 Å². The Balaban J connectivity index is 1.86. The van der Waals surface area contributed by atoms with Crippen LogP contribution in [0.5, 0.6) is 0 Å². The maximum absolute atomic E-state index is 12.1. The topological polar surface area (TPSA) is 88.3 Å². The van der Waals surface area contributed by atoms with Gasteiger partial charge in [0.15, 0.2) is 0 Å². The standard InChI is InChI=1S/C13H22N4O2S/c1-11-4-8-17(9-5-11)10-7-16-20(18,19)12-3-2-6-15-13(12)14/h2-3,6,11,16H,4-5,7-10H2,1H3,(H2,14,15).